The van der Waals surface area contributed by atoms with Gasteiger partial charge in [0.05, 0.1) is 6.04 Å². The van der Waals surface area contributed by atoms with Gasteiger partial charge in [0.2, 0.25) is 0 Å². The summed E-state index contributed by atoms with van der Waals surface area (Å²) in [4.78, 5) is 0. The van der Waals surface area contributed by atoms with E-state index in [1.807, 2.05) is 6.07 Å². The Morgan fingerprint density at radius 2 is 2.06 bits per heavy atom. The maximum Gasteiger partial charge on any atom is 0.127 e. The first-order chi connectivity index (χ1) is 8.12. The Labute approximate surface area is 106 Å². The molecule has 3 rings (SSSR count). The molecule has 1 aromatic carbocycles. The molecule has 1 heterocycles. The normalized spacial score (nSPS) is 30.1. The summed E-state index contributed by atoms with van der Waals surface area (Å²) in [6.07, 6.45) is 3.39. The maximum absolute atomic E-state index is 10.3. The second-order valence-corrected chi connectivity index (χ2v) is 5.46. The highest BCUT2D eigenvalue weighted by molar-refractivity contribution is 6.30. The molecule has 2 aliphatic rings. The van der Waals surface area contributed by atoms with Gasteiger partial charge in [0.25, 0.3) is 0 Å². The second-order valence-electron chi connectivity index (χ2n) is 5.03. The van der Waals surface area contributed by atoms with E-state index in [0.717, 1.165) is 31.4 Å². The monoisotopic (exact) mass is 253 g/mol. The van der Waals surface area contributed by atoms with E-state index in [9.17, 15) is 5.11 Å². The summed E-state index contributed by atoms with van der Waals surface area (Å²) in [5, 5.41) is 10.9. The average molecular weight is 254 g/mol. The van der Waals surface area contributed by atoms with Crippen LogP contribution in [-0.2, 0) is 0 Å². The summed E-state index contributed by atoms with van der Waals surface area (Å²) >= 11 is 5.93. The predicted molar refractivity (Wildman–Crippen MR) is 66.2 cm³/mol. The van der Waals surface area contributed by atoms with Crippen LogP contribution in [0, 0.1) is 0 Å². The zero-order chi connectivity index (χ0) is 12.0. The number of aliphatic hydroxyl groups excluding tert-OH is 1. The van der Waals surface area contributed by atoms with Gasteiger partial charge in [-0.05, 0) is 43.9 Å². The Hall–Kier alpha value is -0.770. The van der Waals surface area contributed by atoms with Crippen LogP contribution in [0.15, 0.2) is 18.2 Å². The summed E-state index contributed by atoms with van der Waals surface area (Å²) in [7, 11) is 0. The van der Waals surface area contributed by atoms with Crippen molar-refractivity contribution < 1.29 is 9.84 Å². The van der Waals surface area contributed by atoms with Gasteiger partial charge in [0.1, 0.15) is 17.5 Å². The van der Waals surface area contributed by atoms with Crippen LogP contribution in [0.5, 0.6) is 5.75 Å². The van der Waals surface area contributed by atoms with Crippen LogP contribution in [0.4, 0.5) is 0 Å². The molecule has 1 spiro atoms. The molecule has 4 heteroatoms. The van der Waals surface area contributed by atoms with E-state index in [1.165, 1.54) is 0 Å². The number of ether oxygens (including phenoxy) is 1. The van der Waals surface area contributed by atoms with Crippen molar-refractivity contribution in [1.29, 1.82) is 0 Å². The van der Waals surface area contributed by atoms with Gasteiger partial charge >= 0.3 is 0 Å². The van der Waals surface area contributed by atoms with Crippen LogP contribution < -0.4 is 10.5 Å². The molecule has 0 amide bonds. The van der Waals surface area contributed by atoms with Gasteiger partial charge in [-0.3, -0.25) is 0 Å². The van der Waals surface area contributed by atoms with E-state index in [0.29, 0.717) is 10.6 Å². The van der Waals surface area contributed by atoms with Crippen LogP contribution in [0.3, 0.4) is 0 Å². The smallest absolute Gasteiger partial charge is 0.127 e. The van der Waals surface area contributed by atoms with Crippen LogP contribution in [0.1, 0.15) is 37.4 Å². The Morgan fingerprint density at radius 3 is 2.76 bits per heavy atom. The third-order valence-electron chi connectivity index (χ3n) is 4.00. The van der Waals surface area contributed by atoms with Gasteiger partial charge in [0.15, 0.2) is 0 Å². The highest BCUT2D eigenvalue weighted by atomic mass is 35.5. The number of hydrogen-bond donors (Lipinski definition) is 2. The molecule has 1 aliphatic carbocycles. The van der Waals surface area contributed by atoms with E-state index in [-0.39, 0.29) is 11.6 Å². The molecule has 3 N–H and O–H groups in total. The summed E-state index contributed by atoms with van der Waals surface area (Å²) < 4.78 is 6.07. The standard InChI is InChI=1S/C13H16ClNO2/c14-8-3-4-10-9(7-8)11(16)12(15)13(17-10)5-1-2-6-13/h3-4,7,11-12,16H,1-2,5-6,15H2. The minimum absolute atomic E-state index is 0.365. The lowest BCUT2D eigenvalue weighted by Crippen LogP contribution is -2.56. The number of halogens is 1. The van der Waals surface area contributed by atoms with Crippen LogP contribution in [0.25, 0.3) is 0 Å². The fraction of sp³-hybridized carbons (Fsp3) is 0.538. The molecule has 0 bridgehead atoms. The summed E-state index contributed by atoms with van der Waals surface area (Å²) in [5.74, 6) is 0.727. The maximum atomic E-state index is 10.3. The summed E-state index contributed by atoms with van der Waals surface area (Å²) in [6.45, 7) is 0. The highest BCUT2D eigenvalue weighted by Crippen LogP contribution is 2.46. The van der Waals surface area contributed by atoms with Crippen LogP contribution in [0.2, 0.25) is 5.02 Å². The molecule has 1 fully saturated rings. The topological polar surface area (TPSA) is 55.5 Å². The molecule has 17 heavy (non-hydrogen) atoms. The Kier molecular flexibility index (Phi) is 2.58. The molecule has 3 nitrogen and oxygen atoms in total. The lowest BCUT2D eigenvalue weighted by Gasteiger charge is -2.43. The van der Waals surface area contributed by atoms with Crippen molar-refractivity contribution in [1.82, 2.24) is 0 Å². The Balaban J connectivity index is 2.05. The first-order valence-corrected chi connectivity index (χ1v) is 6.42. The van der Waals surface area contributed by atoms with Crippen molar-refractivity contribution in [2.75, 3.05) is 0 Å². The number of rotatable bonds is 0. The molecular weight excluding hydrogens is 238 g/mol. The summed E-state index contributed by atoms with van der Waals surface area (Å²) in [5.41, 5.74) is 6.50. The van der Waals surface area contributed by atoms with Crippen molar-refractivity contribution >= 4 is 11.6 Å². The van der Waals surface area contributed by atoms with E-state index in [1.54, 1.807) is 12.1 Å². The molecule has 0 aromatic heterocycles. The number of hydrogen-bond acceptors (Lipinski definition) is 3. The van der Waals surface area contributed by atoms with E-state index in [4.69, 9.17) is 22.1 Å². The zero-order valence-corrected chi connectivity index (χ0v) is 10.3. The molecule has 2 atom stereocenters. The molecule has 1 aromatic rings. The van der Waals surface area contributed by atoms with Gasteiger partial charge in [0, 0.05) is 10.6 Å². The molecule has 1 saturated carbocycles. The average Bonchev–Trinajstić information content (AvgIpc) is 2.77. The van der Waals surface area contributed by atoms with Crippen molar-refractivity contribution in [2.45, 2.75) is 43.4 Å². The van der Waals surface area contributed by atoms with E-state index < -0.39 is 6.10 Å². The molecule has 0 radical (unpaired) electrons. The lowest BCUT2D eigenvalue weighted by molar-refractivity contribution is -0.0315. The zero-order valence-electron chi connectivity index (χ0n) is 9.53. The predicted octanol–water partition coefficient (Wildman–Crippen LogP) is 2.41. The van der Waals surface area contributed by atoms with Crippen molar-refractivity contribution in [3.8, 4) is 5.75 Å². The van der Waals surface area contributed by atoms with Crippen molar-refractivity contribution in [3.63, 3.8) is 0 Å². The number of benzene rings is 1. The van der Waals surface area contributed by atoms with Gasteiger partial charge in [-0.15, -0.1) is 0 Å². The first-order valence-electron chi connectivity index (χ1n) is 6.04. The third-order valence-corrected chi connectivity index (χ3v) is 4.24. The molecule has 1 aliphatic heterocycles. The minimum Gasteiger partial charge on any atom is -0.485 e. The van der Waals surface area contributed by atoms with Gasteiger partial charge in [-0.1, -0.05) is 11.6 Å². The molecule has 92 valence electrons. The fourth-order valence-electron chi connectivity index (χ4n) is 3.02. The number of nitrogens with two attached hydrogens (primary N) is 1. The number of fused-ring (bicyclic) bond motifs is 1. The Morgan fingerprint density at radius 1 is 1.35 bits per heavy atom. The van der Waals surface area contributed by atoms with E-state index in [2.05, 4.69) is 0 Å². The first kappa shape index (κ1) is 11.3. The second kappa shape index (κ2) is 3.87. The molecule has 2 unspecified atom stereocenters. The number of aliphatic hydroxyl groups is 1. The fourth-order valence-corrected chi connectivity index (χ4v) is 3.20. The summed E-state index contributed by atoms with van der Waals surface area (Å²) in [6, 6.07) is 4.99. The van der Waals surface area contributed by atoms with Crippen molar-refractivity contribution in [2.24, 2.45) is 5.73 Å². The molecular formula is C13H16ClNO2. The van der Waals surface area contributed by atoms with Gasteiger partial charge in [-0.25, -0.2) is 0 Å². The quantitative estimate of drug-likeness (QED) is 0.747. The molecule has 0 saturated heterocycles. The largest absolute Gasteiger partial charge is 0.485 e. The van der Waals surface area contributed by atoms with Gasteiger partial charge in [-0.2, -0.15) is 0 Å². The third kappa shape index (κ3) is 1.65. The SMILES string of the molecule is NC1C(O)c2cc(Cl)ccc2OC12CCCC2. The van der Waals surface area contributed by atoms with Crippen LogP contribution in [-0.4, -0.2) is 16.7 Å². The minimum atomic E-state index is -0.685. The highest BCUT2D eigenvalue weighted by Gasteiger charge is 2.49. The van der Waals surface area contributed by atoms with Gasteiger partial charge < -0.3 is 15.6 Å². The lowest BCUT2D eigenvalue weighted by atomic mass is 9.83. The van der Waals surface area contributed by atoms with E-state index >= 15 is 0 Å². The Bertz CT molecular complexity index is 443. The van der Waals surface area contributed by atoms with Crippen LogP contribution >= 0.6 is 11.6 Å². The van der Waals surface area contributed by atoms with Crippen molar-refractivity contribution in [3.05, 3.63) is 28.8 Å².